The summed E-state index contributed by atoms with van der Waals surface area (Å²) in [7, 11) is 0. The lowest BCUT2D eigenvalue weighted by atomic mass is 10.1. The third kappa shape index (κ3) is 2.33. The predicted molar refractivity (Wildman–Crippen MR) is 64.4 cm³/mol. The monoisotopic (exact) mass is 306 g/mol. The lowest BCUT2D eigenvalue weighted by molar-refractivity contribution is -0.144. The average Bonchev–Trinajstić information content (AvgIpc) is 2.83. The fourth-order valence-corrected chi connectivity index (χ4v) is 2.43. The lowest BCUT2D eigenvalue weighted by Gasteiger charge is -2.22. The molecule has 0 radical (unpaired) electrons. The highest BCUT2D eigenvalue weighted by atomic mass is 35.5. The highest BCUT2D eigenvalue weighted by Crippen LogP contribution is 2.32. The molecule has 108 valence electrons. The number of nitrogens with zero attached hydrogens (tertiary/aromatic N) is 4. The molecular weight excluding hydrogens is 297 g/mol. The van der Waals surface area contributed by atoms with Crippen molar-refractivity contribution in [2.24, 2.45) is 0 Å². The Hall–Kier alpha value is -1.41. The fourth-order valence-electron chi connectivity index (χ4n) is 2.21. The zero-order chi connectivity index (χ0) is 14.3. The van der Waals surface area contributed by atoms with Crippen molar-refractivity contribution in [2.75, 3.05) is 13.2 Å². The maximum Gasteiger partial charge on any atom is 0.451 e. The normalized spacial score (nSPS) is 17.8. The average molecular weight is 307 g/mol. The van der Waals surface area contributed by atoms with E-state index in [2.05, 4.69) is 15.1 Å². The number of halogens is 4. The molecule has 3 rings (SSSR count). The summed E-state index contributed by atoms with van der Waals surface area (Å²) < 4.78 is 44.9. The third-order valence-electron chi connectivity index (χ3n) is 3.20. The highest BCUT2D eigenvalue weighted by Gasteiger charge is 2.36. The fraction of sp³-hybridized carbons (Fsp3) is 0.545. The van der Waals surface area contributed by atoms with Crippen LogP contribution in [0.2, 0.25) is 5.15 Å². The van der Waals surface area contributed by atoms with E-state index in [0.717, 1.165) is 0 Å². The van der Waals surface area contributed by atoms with Gasteiger partial charge in [-0.3, -0.25) is 0 Å². The molecule has 1 aliphatic heterocycles. The molecule has 0 saturated carbocycles. The molecule has 0 N–H and O–H groups in total. The maximum absolute atomic E-state index is 12.7. The molecule has 2 aromatic rings. The van der Waals surface area contributed by atoms with Crippen molar-refractivity contribution in [2.45, 2.75) is 25.1 Å². The Kier molecular flexibility index (Phi) is 3.29. The summed E-state index contributed by atoms with van der Waals surface area (Å²) in [6, 6.07) is -0.0340. The van der Waals surface area contributed by atoms with E-state index in [9.17, 15) is 13.2 Å². The molecule has 5 nitrogen and oxygen atoms in total. The van der Waals surface area contributed by atoms with Crippen LogP contribution in [0.1, 0.15) is 24.7 Å². The summed E-state index contributed by atoms with van der Waals surface area (Å²) in [5.74, 6) is -1.25. The van der Waals surface area contributed by atoms with Crippen LogP contribution < -0.4 is 0 Å². The van der Waals surface area contributed by atoms with Gasteiger partial charge in [0.25, 0.3) is 0 Å². The van der Waals surface area contributed by atoms with E-state index in [-0.39, 0.29) is 16.8 Å². The van der Waals surface area contributed by atoms with Gasteiger partial charge in [0.2, 0.25) is 5.82 Å². The summed E-state index contributed by atoms with van der Waals surface area (Å²) >= 11 is 5.79. The van der Waals surface area contributed by atoms with Crippen molar-refractivity contribution in [3.05, 3.63) is 17.2 Å². The van der Waals surface area contributed by atoms with Crippen LogP contribution >= 0.6 is 11.6 Å². The van der Waals surface area contributed by atoms with Crippen LogP contribution in [-0.2, 0) is 10.9 Å². The van der Waals surface area contributed by atoms with Crippen molar-refractivity contribution < 1.29 is 17.9 Å². The zero-order valence-electron chi connectivity index (χ0n) is 10.2. The van der Waals surface area contributed by atoms with Crippen LogP contribution in [-0.4, -0.2) is 33.0 Å². The lowest BCUT2D eigenvalue weighted by Crippen LogP contribution is -2.21. The van der Waals surface area contributed by atoms with Crippen molar-refractivity contribution in [3.8, 4) is 0 Å². The smallest absolute Gasteiger partial charge is 0.381 e. The largest absolute Gasteiger partial charge is 0.451 e. The molecule has 0 unspecified atom stereocenters. The van der Waals surface area contributed by atoms with Crippen molar-refractivity contribution in [3.63, 3.8) is 0 Å². The molecule has 0 aromatic carbocycles. The second kappa shape index (κ2) is 4.85. The van der Waals surface area contributed by atoms with E-state index in [1.165, 1.54) is 10.9 Å². The maximum atomic E-state index is 12.7. The van der Waals surface area contributed by atoms with E-state index >= 15 is 0 Å². The molecule has 1 aliphatic rings. The number of hydrogen-bond donors (Lipinski definition) is 0. The molecule has 20 heavy (non-hydrogen) atoms. The Morgan fingerprint density at radius 2 is 1.95 bits per heavy atom. The number of ether oxygens (including phenoxy) is 1. The number of aromatic nitrogens is 4. The second-order valence-electron chi connectivity index (χ2n) is 4.51. The van der Waals surface area contributed by atoms with Gasteiger partial charge < -0.3 is 4.74 Å². The number of hydrogen-bond acceptors (Lipinski definition) is 4. The van der Waals surface area contributed by atoms with Crippen molar-refractivity contribution in [1.29, 1.82) is 0 Å². The molecule has 0 bridgehead atoms. The van der Waals surface area contributed by atoms with E-state index in [1.807, 2.05) is 0 Å². The van der Waals surface area contributed by atoms with E-state index in [4.69, 9.17) is 16.3 Å². The zero-order valence-corrected chi connectivity index (χ0v) is 10.9. The number of fused-ring (bicyclic) bond motifs is 1. The van der Waals surface area contributed by atoms with Gasteiger partial charge in [0.05, 0.1) is 17.6 Å². The molecule has 0 spiro atoms. The topological polar surface area (TPSA) is 52.8 Å². The highest BCUT2D eigenvalue weighted by molar-refractivity contribution is 6.33. The molecular formula is C11H10ClF3N4O. The quantitative estimate of drug-likeness (QED) is 0.760. The van der Waals surface area contributed by atoms with Gasteiger partial charge in [-0.15, -0.1) is 0 Å². The molecule has 0 aliphatic carbocycles. The Balaban J connectivity index is 2.12. The minimum Gasteiger partial charge on any atom is -0.381 e. The summed E-state index contributed by atoms with van der Waals surface area (Å²) in [5, 5.41) is 4.20. The minimum atomic E-state index is -4.64. The van der Waals surface area contributed by atoms with Crippen LogP contribution in [0, 0.1) is 0 Å². The molecule has 3 heterocycles. The van der Waals surface area contributed by atoms with Crippen LogP contribution in [0.4, 0.5) is 13.2 Å². The third-order valence-corrected chi connectivity index (χ3v) is 3.49. The number of rotatable bonds is 1. The SMILES string of the molecule is FC(F)(F)c1nc(Cl)c2cnn(C3CCOCC3)c2n1. The summed E-state index contributed by atoms with van der Waals surface area (Å²) in [6.07, 6.45) is -1.88. The van der Waals surface area contributed by atoms with Gasteiger partial charge in [0.15, 0.2) is 5.65 Å². The first-order chi connectivity index (χ1) is 9.47. The van der Waals surface area contributed by atoms with Crippen LogP contribution in [0.25, 0.3) is 11.0 Å². The summed E-state index contributed by atoms with van der Waals surface area (Å²) in [5.41, 5.74) is 0.115. The summed E-state index contributed by atoms with van der Waals surface area (Å²) in [6.45, 7) is 1.11. The second-order valence-corrected chi connectivity index (χ2v) is 4.86. The van der Waals surface area contributed by atoms with Crippen LogP contribution in [0.15, 0.2) is 6.20 Å². The minimum absolute atomic E-state index is 0.0340. The Morgan fingerprint density at radius 3 is 2.60 bits per heavy atom. The molecule has 1 fully saturated rings. The van der Waals surface area contributed by atoms with Gasteiger partial charge >= 0.3 is 6.18 Å². The predicted octanol–water partition coefficient (Wildman–Crippen LogP) is 2.85. The molecule has 0 atom stereocenters. The Morgan fingerprint density at radius 1 is 1.25 bits per heavy atom. The Labute approximate surface area is 116 Å². The molecule has 2 aromatic heterocycles. The first-order valence-electron chi connectivity index (χ1n) is 6.02. The first-order valence-corrected chi connectivity index (χ1v) is 6.40. The number of alkyl halides is 3. The van der Waals surface area contributed by atoms with Gasteiger partial charge in [-0.05, 0) is 12.8 Å². The van der Waals surface area contributed by atoms with Crippen molar-refractivity contribution >= 4 is 22.6 Å². The molecule has 9 heteroatoms. The van der Waals surface area contributed by atoms with E-state index in [1.54, 1.807) is 0 Å². The van der Waals surface area contributed by atoms with E-state index in [0.29, 0.717) is 31.4 Å². The van der Waals surface area contributed by atoms with E-state index < -0.39 is 12.0 Å². The van der Waals surface area contributed by atoms with Crippen molar-refractivity contribution in [1.82, 2.24) is 19.7 Å². The van der Waals surface area contributed by atoms with Gasteiger partial charge in [-0.1, -0.05) is 11.6 Å². The first kappa shape index (κ1) is 13.6. The molecule has 1 saturated heterocycles. The van der Waals surface area contributed by atoms with Gasteiger partial charge in [-0.2, -0.15) is 18.3 Å². The Bertz CT molecular complexity index is 636. The van der Waals surface area contributed by atoms with Gasteiger partial charge in [0, 0.05) is 13.2 Å². The van der Waals surface area contributed by atoms with Gasteiger partial charge in [-0.25, -0.2) is 14.6 Å². The van der Waals surface area contributed by atoms with Crippen LogP contribution in [0.5, 0.6) is 0 Å². The van der Waals surface area contributed by atoms with Gasteiger partial charge in [0.1, 0.15) is 5.15 Å². The molecule has 0 amide bonds. The standard InChI is InChI=1S/C11H10ClF3N4O/c12-8-7-5-16-19(6-1-3-20-4-2-6)9(7)18-10(17-8)11(13,14)15/h5-6H,1-4H2. The van der Waals surface area contributed by atoms with Crippen LogP contribution in [0.3, 0.4) is 0 Å². The summed E-state index contributed by atoms with van der Waals surface area (Å²) in [4.78, 5) is 6.86.